The fourth-order valence-corrected chi connectivity index (χ4v) is 2.59. The van der Waals surface area contributed by atoms with Gasteiger partial charge in [-0.05, 0) is 12.1 Å². The van der Waals surface area contributed by atoms with Crippen molar-refractivity contribution in [3.8, 4) is 5.75 Å². The Kier molecular flexibility index (Phi) is 22.6. The lowest BCUT2D eigenvalue weighted by atomic mass is 10.3. The zero-order valence-corrected chi connectivity index (χ0v) is 21.6. The maximum atomic E-state index is 10.6. The maximum Gasteiger partial charge on any atom is 0.269 e. The lowest BCUT2D eigenvalue weighted by Gasteiger charge is -2.09. The molecule has 0 amide bonds. The predicted octanol–water partition coefficient (Wildman–Crippen LogP) is 2.29. The van der Waals surface area contributed by atoms with Gasteiger partial charge in [-0.25, -0.2) is 0 Å². The van der Waals surface area contributed by atoms with Gasteiger partial charge in [0.2, 0.25) is 0 Å². The number of rotatable bonds is 28. The standard InChI is InChI=1S/C25H41NO11/c1-2-7-29-8-9-30-10-11-31-12-13-32-14-15-33-16-17-34-18-19-35-20-21-36-22-23-37-25-5-3-24(4-6-25)26(27)28/h2-6H,1,7-23H2. The first-order chi connectivity index (χ1) is 18.2. The second-order valence-electron chi connectivity index (χ2n) is 7.25. The van der Waals surface area contributed by atoms with Crippen molar-refractivity contribution in [3.63, 3.8) is 0 Å². The van der Waals surface area contributed by atoms with Crippen molar-refractivity contribution in [1.82, 2.24) is 0 Å². The van der Waals surface area contributed by atoms with Gasteiger partial charge in [-0.3, -0.25) is 10.1 Å². The van der Waals surface area contributed by atoms with Gasteiger partial charge in [0.05, 0.1) is 111 Å². The molecule has 1 aromatic carbocycles. The highest BCUT2D eigenvalue weighted by molar-refractivity contribution is 5.35. The Morgan fingerprint density at radius 2 is 0.892 bits per heavy atom. The third-order valence-electron chi connectivity index (χ3n) is 4.38. The molecule has 12 nitrogen and oxygen atoms in total. The molecule has 0 aliphatic heterocycles. The summed E-state index contributed by atoms with van der Waals surface area (Å²) >= 11 is 0. The van der Waals surface area contributed by atoms with Crippen molar-refractivity contribution in [2.24, 2.45) is 0 Å². The monoisotopic (exact) mass is 531 g/mol. The summed E-state index contributed by atoms with van der Waals surface area (Å²) in [4.78, 5) is 10.1. The maximum absolute atomic E-state index is 10.6. The predicted molar refractivity (Wildman–Crippen MR) is 135 cm³/mol. The van der Waals surface area contributed by atoms with Crippen LogP contribution in [0.3, 0.4) is 0 Å². The van der Waals surface area contributed by atoms with Crippen LogP contribution in [0.25, 0.3) is 0 Å². The molecular weight excluding hydrogens is 490 g/mol. The number of non-ortho nitro benzene ring substituents is 1. The second-order valence-corrected chi connectivity index (χ2v) is 7.25. The lowest BCUT2D eigenvalue weighted by molar-refractivity contribution is -0.384. The number of hydrogen-bond acceptors (Lipinski definition) is 11. The molecule has 0 spiro atoms. The lowest BCUT2D eigenvalue weighted by Crippen LogP contribution is -2.15. The van der Waals surface area contributed by atoms with Gasteiger partial charge in [-0.1, -0.05) is 6.08 Å². The summed E-state index contributed by atoms with van der Waals surface area (Å²) in [5.41, 5.74) is 0.0282. The summed E-state index contributed by atoms with van der Waals surface area (Å²) in [7, 11) is 0. The normalized spacial score (nSPS) is 11.0. The van der Waals surface area contributed by atoms with Gasteiger partial charge in [-0.2, -0.15) is 0 Å². The Morgan fingerprint density at radius 1 is 0.568 bits per heavy atom. The molecule has 0 saturated carbocycles. The van der Waals surface area contributed by atoms with E-state index in [-0.39, 0.29) is 5.69 Å². The average Bonchev–Trinajstić information content (AvgIpc) is 2.91. The van der Waals surface area contributed by atoms with Crippen molar-refractivity contribution in [1.29, 1.82) is 0 Å². The fourth-order valence-electron chi connectivity index (χ4n) is 2.59. The fraction of sp³-hybridized carbons (Fsp3) is 0.680. The van der Waals surface area contributed by atoms with Crippen molar-refractivity contribution in [2.45, 2.75) is 0 Å². The largest absolute Gasteiger partial charge is 0.491 e. The molecule has 37 heavy (non-hydrogen) atoms. The van der Waals surface area contributed by atoms with Gasteiger partial charge in [-0.15, -0.1) is 6.58 Å². The quantitative estimate of drug-likeness (QED) is 0.0684. The van der Waals surface area contributed by atoms with E-state index in [0.717, 1.165) is 0 Å². The van der Waals surface area contributed by atoms with E-state index in [1.165, 1.54) is 12.1 Å². The van der Waals surface area contributed by atoms with Crippen LogP contribution in [0.2, 0.25) is 0 Å². The van der Waals surface area contributed by atoms with Gasteiger partial charge >= 0.3 is 0 Å². The van der Waals surface area contributed by atoms with Crippen molar-refractivity contribution in [3.05, 3.63) is 47.0 Å². The molecular formula is C25H41NO11. The van der Waals surface area contributed by atoms with Crippen LogP contribution in [-0.2, 0) is 37.9 Å². The summed E-state index contributed by atoms with van der Waals surface area (Å²) in [5, 5.41) is 10.6. The number of ether oxygens (including phenoxy) is 9. The smallest absolute Gasteiger partial charge is 0.269 e. The Labute approximate surface area is 218 Å². The molecule has 1 rings (SSSR count). The van der Waals surface area contributed by atoms with Crippen LogP contribution < -0.4 is 4.74 Å². The molecule has 0 bridgehead atoms. The van der Waals surface area contributed by atoms with Crippen LogP contribution in [-0.4, -0.2) is 117 Å². The highest BCUT2D eigenvalue weighted by Gasteiger charge is 2.04. The topological polar surface area (TPSA) is 126 Å². The first kappa shape index (κ1) is 32.9. The molecule has 12 heteroatoms. The highest BCUT2D eigenvalue weighted by Crippen LogP contribution is 2.17. The molecule has 0 N–H and O–H groups in total. The van der Waals surface area contributed by atoms with E-state index >= 15 is 0 Å². The van der Waals surface area contributed by atoms with Gasteiger partial charge in [0.15, 0.2) is 0 Å². The van der Waals surface area contributed by atoms with E-state index in [9.17, 15) is 10.1 Å². The van der Waals surface area contributed by atoms with Crippen LogP contribution >= 0.6 is 0 Å². The Balaban J connectivity index is 1.69. The number of nitrogens with zero attached hydrogens (tertiary/aromatic N) is 1. The molecule has 0 heterocycles. The van der Waals surface area contributed by atoms with E-state index in [1.54, 1.807) is 18.2 Å². The van der Waals surface area contributed by atoms with E-state index < -0.39 is 4.92 Å². The molecule has 0 aromatic heterocycles. The Bertz CT molecular complexity index is 661. The van der Waals surface area contributed by atoms with Crippen LogP contribution in [0.15, 0.2) is 36.9 Å². The number of hydrogen-bond donors (Lipinski definition) is 0. The molecule has 0 atom stereocenters. The number of nitro benzene ring substituents is 1. The van der Waals surface area contributed by atoms with Gasteiger partial charge in [0.25, 0.3) is 5.69 Å². The second kappa shape index (κ2) is 25.5. The molecule has 0 fully saturated rings. The number of nitro groups is 1. The first-order valence-electron chi connectivity index (χ1n) is 12.3. The summed E-state index contributed by atoms with van der Waals surface area (Å²) in [5.74, 6) is 0.559. The van der Waals surface area contributed by atoms with Crippen LogP contribution in [0.1, 0.15) is 0 Å². The van der Waals surface area contributed by atoms with Crippen molar-refractivity contribution in [2.75, 3.05) is 112 Å². The summed E-state index contributed by atoms with van der Waals surface area (Å²) in [6.07, 6.45) is 1.70. The zero-order valence-electron chi connectivity index (χ0n) is 21.6. The van der Waals surface area contributed by atoms with E-state index in [1.807, 2.05) is 0 Å². The van der Waals surface area contributed by atoms with Crippen LogP contribution in [0.4, 0.5) is 5.69 Å². The Morgan fingerprint density at radius 3 is 1.22 bits per heavy atom. The molecule has 0 radical (unpaired) electrons. The van der Waals surface area contributed by atoms with E-state index in [0.29, 0.717) is 118 Å². The summed E-state index contributed by atoms with van der Waals surface area (Å²) < 4.78 is 48.5. The minimum absolute atomic E-state index is 0.0282. The van der Waals surface area contributed by atoms with Crippen molar-refractivity contribution >= 4 is 5.69 Å². The van der Waals surface area contributed by atoms with Crippen molar-refractivity contribution < 1.29 is 47.6 Å². The van der Waals surface area contributed by atoms with Gasteiger partial charge in [0.1, 0.15) is 12.4 Å². The molecule has 0 saturated heterocycles. The van der Waals surface area contributed by atoms with Crippen LogP contribution in [0, 0.1) is 10.1 Å². The summed E-state index contributed by atoms with van der Waals surface area (Å²) in [6, 6.07) is 5.91. The highest BCUT2D eigenvalue weighted by atomic mass is 16.6. The van der Waals surface area contributed by atoms with Gasteiger partial charge in [0, 0.05) is 12.1 Å². The molecule has 0 unspecified atom stereocenters. The molecule has 1 aromatic rings. The van der Waals surface area contributed by atoms with E-state index in [2.05, 4.69) is 6.58 Å². The third-order valence-corrected chi connectivity index (χ3v) is 4.38. The third kappa shape index (κ3) is 21.6. The van der Waals surface area contributed by atoms with Crippen LogP contribution in [0.5, 0.6) is 5.75 Å². The SMILES string of the molecule is C=CCOCCOCCOCCOCCOCCOCCOCCOCCOc1ccc([N+](=O)[O-])cc1. The van der Waals surface area contributed by atoms with Gasteiger partial charge < -0.3 is 42.6 Å². The Hall–Kier alpha value is -2.16. The first-order valence-corrected chi connectivity index (χ1v) is 12.3. The molecule has 212 valence electrons. The minimum Gasteiger partial charge on any atom is -0.491 e. The minimum atomic E-state index is -0.452. The molecule has 0 aliphatic rings. The molecule has 0 aliphatic carbocycles. The summed E-state index contributed by atoms with van der Waals surface area (Å²) in [6.45, 7) is 11.9. The van der Waals surface area contributed by atoms with E-state index in [4.69, 9.17) is 42.6 Å². The number of benzene rings is 1. The average molecular weight is 532 g/mol. The zero-order chi connectivity index (χ0) is 26.7.